The molecule has 1 saturated carbocycles. The molecule has 2 fully saturated rings. The molecule has 0 amide bonds. The normalized spacial score (nSPS) is 34.3. The third-order valence-corrected chi connectivity index (χ3v) is 5.20. The number of fused-ring (bicyclic) bond motifs is 1. The van der Waals surface area contributed by atoms with Crippen LogP contribution in [0.5, 0.6) is 0 Å². The first-order valence-electron chi connectivity index (χ1n) is 12.6. The van der Waals surface area contributed by atoms with Gasteiger partial charge in [-0.2, -0.15) is 4.98 Å². The highest BCUT2D eigenvalue weighted by molar-refractivity contribution is 5.76. The van der Waals surface area contributed by atoms with E-state index in [9.17, 15) is 18.3 Å². The number of nitrogens with zero attached hydrogens (tertiary/aromatic N) is 4. The van der Waals surface area contributed by atoms with Crippen LogP contribution in [0.1, 0.15) is 44.9 Å². The van der Waals surface area contributed by atoms with E-state index in [-0.39, 0.29) is 42.1 Å². The summed E-state index contributed by atoms with van der Waals surface area (Å²) in [5.74, 6) is -3.63. The summed E-state index contributed by atoms with van der Waals surface area (Å²) >= 11 is 0. The van der Waals surface area contributed by atoms with Gasteiger partial charge in [0.1, 0.15) is 17.0 Å². The average molecular weight is 453 g/mol. The van der Waals surface area contributed by atoms with Crippen molar-refractivity contribution in [1.82, 2.24) is 19.5 Å². The van der Waals surface area contributed by atoms with Crippen LogP contribution in [0.2, 0.25) is 0 Å². The van der Waals surface area contributed by atoms with Gasteiger partial charge in [-0.1, -0.05) is 0 Å². The molecule has 3 aromatic rings. The molecule has 8 nitrogen and oxygen atoms in total. The minimum absolute atomic E-state index is 0.0178. The van der Waals surface area contributed by atoms with E-state index in [4.69, 9.17) is 11.6 Å². The number of aliphatic hydroxyl groups is 1. The van der Waals surface area contributed by atoms with Crippen molar-refractivity contribution < 1.29 is 29.9 Å². The fourth-order valence-corrected chi connectivity index (χ4v) is 3.65. The number of hydrogen-bond acceptors (Lipinski definition) is 7. The maximum Gasteiger partial charge on any atom is 0.224 e. The van der Waals surface area contributed by atoms with E-state index in [0.29, 0.717) is 25.2 Å². The highest BCUT2D eigenvalue weighted by Crippen LogP contribution is 2.32. The summed E-state index contributed by atoms with van der Waals surface area (Å²) in [4.78, 5) is 12.8. The number of nitrogens with one attached hydrogen (secondary N) is 2. The van der Waals surface area contributed by atoms with E-state index in [1.807, 2.05) is 0 Å². The van der Waals surface area contributed by atoms with Crippen LogP contribution in [-0.4, -0.2) is 50.0 Å². The molecule has 11 heteroatoms. The van der Waals surface area contributed by atoms with Crippen molar-refractivity contribution in [3.63, 3.8) is 0 Å². The topological polar surface area (TPSA) is 97.1 Å². The van der Waals surface area contributed by atoms with Gasteiger partial charge in [0.25, 0.3) is 0 Å². The van der Waals surface area contributed by atoms with Crippen molar-refractivity contribution in [3.05, 3.63) is 35.8 Å². The van der Waals surface area contributed by atoms with Gasteiger partial charge in [0.2, 0.25) is 11.9 Å². The Kier molecular flexibility index (Phi) is 4.22. The number of halogens is 3. The smallest absolute Gasteiger partial charge is 0.224 e. The lowest BCUT2D eigenvalue weighted by atomic mass is 9.93. The first kappa shape index (κ1) is 15.8. The van der Waals surface area contributed by atoms with Crippen molar-refractivity contribution in [2.75, 3.05) is 23.8 Å². The summed E-state index contributed by atoms with van der Waals surface area (Å²) in [6.07, 6.45) is -5.84. The number of ether oxygens (including phenoxy) is 1. The monoisotopic (exact) mass is 453 g/mol. The van der Waals surface area contributed by atoms with Gasteiger partial charge in [0.15, 0.2) is 17.3 Å². The van der Waals surface area contributed by atoms with Crippen molar-refractivity contribution in [2.45, 2.75) is 50.2 Å². The Morgan fingerprint density at radius 2 is 2.00 bits per heavy atom. The van der Waals surface area contributed by atoms with Crippen LogP contribution >= 0.6 is 0 Å². The largest absolute Gasteiger partial charge is 0.393 e. The number of aromatic nitrogens is 4. The molecule has 0 spiro atoms. The number of anilines is 3. The first-order valence-corrected chi connectivity index (χ1v) is 9.97. The van der Waals surface area contributed by atoms with Gasteiger partial charge in [-0.3, -0.25) is 4.57 Å². The number of benzene rings is 1. The second kappa shape index (κ2) is 8.55. The van der Waals surface area contributed by atoms with Crippen LogP contribution in [0.3, 0.4) is 0 Å². The summed E-state index contributed by atoms with van der Waals surface area (Å²) in [7, 11) is 0. The van der Waals surface area contributed by atoms with Gasteiger partial charge in [-0.25, -0.2) is 23.1 Å². The standard InChI is InChI=1S/C21H23F3N6O2/c22-11-7-15(23)18(16(24)8-11)28-21-27-17-9-25-20(26-12-1-3-14(31)4-2-12)29-19(17)30(21)13-5-6-32-10-13/h7-9,12-14,31H,1-6,10H2,(H,27,28)(H,25,26,29)/i1D,2D,3D2,12D. The third-order valence-electron chi connectivity index (χ3n) is 5.20. The molecular weight excluding hydrogens is 425 g/mol. The molecule has 0 radical (unpaired) electrons. The maximum atomic E-state index is 14.3. The molecule has 3 N–H and O–H groups in total. The number of aliphatic hydroxyl groups excluding tert-OH is 1. The SMILES string of the molecule is [2H]C1CC(O)C([2H])([2H])C([2H])C1([2H])Nc1ncc2nc(Nc3c(F)cc(F)cc3F)n(C3CCOC3)c2n1. The zero-order valence-electron chi connectivity index (χ0n) is 21.6. The van der Waals surface area contributed by atoms with E-state index >= 15 is 0 Å². The molecule has 0 bridgehead atoms. The van der Waals surface area contributed by atoms with E-state index in [1.165, 1.54) is 10.8 Å². The van der Waals surface area contributed by atoms with Gasteiger partial charge in [0, 0.05) is 30.2 Å². The molecule has 2 aromatic heterocycles. The first-order chi connectivity index (χ1) is 17.4. The van der Waals surface area contributed by atoms with Crippen LogP contribution < -0.4 is 10.6 Å². The van der Waals surface area contributed by atoms with Crippen LogP contribution in [-0.2, 0) is 4.74 Å². The van der Waals surface area contributed by atoms with Gasteiger partial charge >= 0.3 is 0 Å². The number of imidazole rings is 1. The number of rotatable bonds is 5. The maximum absolute atomic E-state index is 14.3. The van der Waals surface area contributed by atoms with Gasteiger partial charge in [-0.15, -0.1) is 0 Å². The second-order valence-electron chi connectivity index (χ2n) is 7.44. The second-order valence-corrected chi connectivity index (χ2v) is 7.44. The average Bonchev–Trinajstić information content (AvgIpc) is 3.47. The van der Waals surface area contributed by atoms with E-state index in [1.54, 1.807) is 0 Å². The minimum atomic E-state index is -2.46. The quantitative estimate of drug-likeness (QED) is 0.542. The zero-order chi connectivity index (χ0) is 26.7. The molecule has 1 aliphatic carbocycles. The lowest BCUT2D eigenvalue weighted by molar-refractivity contribution is 0.126. The molecular formula is C21H23F3N6O2. The van der Waals surface area contributed by atoms with Crippen LogP contribution in [0.4, 0.5) is 30.8 Å². The summed E-state index contributed by atoms with van der Waals surface area (Å²) in [5.41, 5.74) is -0.226. The molecule has 170 valence electrons. The Labute approximate surface area is 188 Å². The van der Waals surface area contributed by atoms with Crippen LogP contribution in [0, 0.1) is 17.5 Å². The molecule has 1 aliphatic heterocycles. The predicted molar refractivity (Wildman–Crippen MR) is 111 cm³/mol. The Bertz CT molecular complexity index is 1320. The third kappa shape index (κ3) is 4.09. The van der Waals surface area contributed by atoms with Crippen molar-refractivity contribution in [1.29, 1.82) is 0 Å². The molecule has 32 heavy (non-hydrogen) atoms. The Morgan fingerprint density at radius 3 is 2.75 bits per heavy atom. The number of hydrogen-bond donors (Lipinski definition) is 3. The fraction of sp³-hybridized carbons (Fsp3) is 0.476. The Morgan fingerprint density at radius 1 is 1.19 bits per heavy atom. The minimum Gasteiger partial charge on any atom is -0.393 e. The predicted octanol–water partition coefficient (Wildman–Crippen LogP) is 3.66. The van der Waals surface area contributed by atoms with Crippen molar-refractivity contribution in [3.8, 4) is 0 Å². The van der Waals surface area contributed by atoms with Crippen molar-refractivity contribution >= 4 is 28.7 Å². The molecule has 2 aliphatic rings. The van der Waals surface area contributed by atoms with Gasteiger partial charge in [0.05, 0.1) is 26.3 Å². The lowest BCUT2D eigenvalue weighted by Crippen LogP contribution is -2.29. The molecule has 1 saturated heterocycles. The van der Waals surface area contributed by atoms with Crippen molar-refractivity contribution in [2.24, 2.45) is 0 Å². The molecule has 3 heterocycles. The van der Waals surface area contributed by atoms with Gasteiger partial charge in [-0.05, 0) is 32.0 Å². The van der Waals surface area contributed by atoms with Crippen LogP contribution in [0.15, 0.2) is 18.3 Å². The summed E-state index contributed by atoms with van der Waals surface area (Å²) in [5, 5.41) is 15.1. The molecule has 5 rings (SSSR count). The highest BCUT2D eigenvalue weighted by Gasteiger charge is 2.27. The summed E-state index contributed by atoms with van der Waals surface area (Å²) in [6, 6.07) is -1.49. The van der Waals surface area contributed by atoms with Gasteiger partial charge < -0.3 is 20.5 Å². The summed E-state index contributed by atoms with van der Waals surface area (Å²) < 4.78 is 90.3. The molecule has 5 atom stereocenters. The Balaban J connectivity index is 1.56. The summed E-state index contributed by atoms with van der Waals surface area (Å²) in [6.45, 7) is 0.652. The molecule has 5 unspecified atom stereocenters. The fourth-order valence-electron chi connectivity index (χ4n) is 3.65. The van der Waals surface area contributed by atoms with Crippen LogP contribution in [0.25, 0.3) is 11.2 Å². The Hall–Kier alpha value is -2.92. The highest BCUT2D eigenvalue weighted by atomic mass is 19.1. The lowest BCUT2D eigenvalue weighted by Gasteiger charge is -2.26. The van der Waals surface area contributed by atoms with E-state index in [0.717, 1.165) is 0 Å². The van der Waals surface area contributed by atoms with E-state index < -0.39 is 54.4 Å². The molecule has 1 aromatic carbocycles. The zero-order valence-corrected chi connectivity index (χ0v) is 16.6. The van der Waals surface area contributed by atoms with E-state index in [2.05, 4.69) is 25.6 Å².